The maximum absolute atomic E-state index is 6.21. The van der Waals surface area contributed by atoms with E-state index in [1.165, 1.54) is 39.0 Å². The summed E-state index contributed by atoms with van der Waals surface area (Å²) in [5, 5.41) is 2.89. The molecule has 1 heterocycles. The van der Waals surface area contributed by atoms with Gasteiger partial charge in [0.05, 0.1) is 0 Å². The molecule has 0 N–H and O–H groups in total. The number of allylic oxidation sites excluding steroid dienone is 5. The smallest absolute Gasteiger partial charge is 0.136 e. The lowest BCUT2D eigenvalue weighted by Gasteiger charge is -2.23. The van der Waals surface area contributed by atoms with Gasteiger partial charge in [-0.2, -0.15) is 0 Å². The highest BCUT2D eigenvalue weighted by Gasteiger charge is 2.21. The number of benzene rings is 4. The number of hydrogen-bond donors (Lipinski definition) is 0. The van der Waals surface area contributed by atoms with Gasteiger partial charge >= 0.3 is 0 Å². The average molecular weight is 445 g/mol. The predicted molar refractivity (Wildman–Crippen MR) is 141 cm³/mol. The quantitative estimate of drug-likeness (QED) is 0.253. The number of furan rings is 1. The molecule has 33 heavy (non-hydrogen) atoms. The van der Waals surface area contributed by atoms with Crippen LogP contribution in [-0.4, -0.2) is 0 Å². The second kappa shape index (κ2) is 7.95. The fraction of sp³-hybridized carbons (Fsp3) is 0.0323. The molecule has 6 rings (SSSR count). The molecule has 4 aromatic carbocycles. The topological polar surface area (TPSA) is 13.1 Å². The van der Waals surface area contributed by atoms with Crippen molar-refractivity contribution in [1.29, 1.82) is 0 Å². The Balaban J connectivity index is 1.55. The summed E-state index contributed by atoms with van der Waals surface area (Å²) in [5.74, 6) is 0. The normalized spacial score (nSPS) is 14.2. The van der Waals surface area contributed by atoms with E-state index in [2.05, 4.69) is 79.4 Å². The molecule has 0 radical (unpaired) electrons. The molecule has 0 spiro atoms. The molecule has 1 nitrogen and oxygen atoms in total. The van der Waals surface area contributed by atoms with Crippen LogP contribution in [0.4, 0.5) is 0 Å². The van der Waals surface area contributed by atoms with E-state index in [1.807, 2.05) is 24.3 Å². The summed E-state index contributed by atoms with van der Waals surface area (Å²) in [7, 11) is 0. The fourth-order valence-corrected chi connectivity index (χ4v) is 5.05. The Morgan fingerprint density at radius 2 is 1.61 bits per heavy atom. The molecule has 1 aliphatic carbocycles. The molecule has 0 atom stereocenters. The Labute approximate surface area is 197 Å². The van der Waals surface area contributed by atoms with Gasteiger partial charge in [-0.25, -0.2) is 0 Å². The zero-order valence-corrected chi connectivity index (χ0v) is 18.8. The van der Waals surface area contributed by atoms with Crippen LogP contribution < -0.4 is 0 Å². The molecule has 0 saturated carbocycles. The van der Waals surface area contributed by atoms with Crippen LogP contribution in [0.1, 0.15) is 11.1 Å². The van der Waals surface area contributed by atoms with Crippen LogP contribution in [0.3, 0.4) is 0 Å². The van der Waals surface area contributed by atoms with Gasteiger partial charge in [0.1, 0.15) is 11.2 Å². The van der Waals surface area contributed by atoms with E-state index in [4.69, 9.17) is 16.0 Å². The van der Waals surface area contributed by atoms with Crippen molar-refractivity contribution in [3.8, 4) is 22.3 Å². The standard InChI is InChI=1S/C31H21ClO/c1-2-3-4-8-20-17-21-13-14-22(18-28(21)26-10-6-5-9-24(20)26)25-11-7-12-29-31(25)27-16-15-23(32)19-30(27)33-29/h2-16,18-19H,1,17H2/b4-3-,20-8+. The van der Waals surface area contributed by atoms with E-state index >= 15 is 0 Å². The fourth-order valence-electron chi connectivity index (χ4n) is 4.89. The van der Waals surface area contributed by atoms with Gasteiger partial charge in [-0.05, 0) is 69.6 Å². The van der Waals surface area contributed by atoms with E-state index in [-0.39, 0.29) is 0 Å². The monoisotopic (exact) mass is 444 g/mol. The van der Waals surface area contributed by atoms with Gasteiger partial charge in [0.2, 0.25) is 0 Å². The summed E-state index contributed by atoms with van der Waals surface area (Å²) in [6, 6.07) is 27.6. The molecule has 0 unspecified atom stereocenters. The summed E-state index contributed by atoms with van der Waals surface area (Å²) in [6.45, 7) is 3.77. The lowest BCUT2D eigenvalue weighted by molar-refractivity contribution is 0.669. The van der Waals surface area contributed by atoms with Crippen LogP contribution in [-0.2, 0) is 6.42 Å². The third-order valence-corrected chi connectivity index (χ3v) is 6.60. The van der Waals surface area contributed by atoms with Crippen molar-refractivity contribution >= 4 is 39.1 Å². The molecule has 0 bridgehead atoms. The Bertz CT molecular complexity index is 1610. The van der Waals surface area contributed by atoms with Gasteiger partial charge in [0.25, 0.3) is 0 Å². The third kappa shape index (κ3) is 3.33. The first-order valence-corrected chi connectivity index (χ1v) is 11.4. The van der Waals surface area contributed by atoms with Gasteiger partial charge < -0.3 is 4.42 Å². The zero-order valence-electron chi connectivity index (χ0n) is 18.0. The van der Waals surface area contributed by atoms with E-state index in [9.17, 15) is 0 Å². The molecular weight excluding hydrogens is 424 g/mol. The van der Waals surface area contributed by atoms with Crippen LogP contribution in [0.25, 0.3) is 49.8 Å². The second-order valence-corrected chi connectivity index (χ2v) is 8.76. The number of rotatable bonds is 3. The first kappa shape index (κ1) is 19.8. The largest absolute Gasteiger partial charge is 0.456 e. The van der Waals surface area contributed by atoms with Crippen molar-refractivity contribution in [3.05, 3.63) is 126 Å². The van der Waals surface area contributed by atoms with Crippen LogP contribution in [0.5, 0.6) is 0 Å². The summed E-state index contributed by atoms with van der Waals surface area (Å²) in [4.78, 5) is 0. The molecule has 1 aromatic heterocycles. The minimum Gasteiger partial charge on any atom is -0.456 e. The van der Waals surface area contributed by atoms with Crippen LogP contribution in [0, 0.1) is 0 Å². The molecular formula is C31H21ClO. The second-order valence-electron chi connectivity index (χ2n) is 8.33. The molecule has 2 heteroatoms. The van der Waals surface area contributed by atoms with Gasteiger partial charge in [0, 0.05) is 21.9 Å². The van der Waals surface area contributed by atoms with Gasteiger partial charge in [-0.1, -0.05) is 91.0 Å². The summed E-state index contributed by atoms with van der Waals surface area (Å²) in [5.41, 5.74) is 10.6. The lowest BCUT2D eigenvalue weighted by Crippen LogP contribution is -2.03. The first-order chi connectivity index (χ1) is 16.2. The minimum atomic E-state index is 0.681. The Hall–Kier alpha value is -3.81. The van der Waals surface area contributed by atoms with Crippen molar-refractivity contribution in [1.82, 2.24) is 0 Å². The summed E-state index contributed by atoms with van der Waals surface area (Å²) >= 11 is 6.21. The average Bonchev–Trinajstić information content (AvgIpc) is 3.21. The van der Waals surface area contributed by atoms with Crippen molar-refractivity contribution in [3.63, 3.8) is 0 Å². The van der Waals surface area contributed by atoms with E-state index in [0.29, 0.717) is 5.02 Å². The van der Waals surface area contributed by atoms with E-state index < -0.39 is 0 Å². The Kier molecular flexibility index (Phi) is 4.78. The Morgan fingerprint density at radius 3 is 2.48 bits per heavy atom. The van der Waals surface area contributed by atoms with Crippen LogP contribution in [0.15, 0.2) is 114 Å². The number of halogens is 1. The summed E-state index contributed by atoms with van der Waals surface area (Å²) in [6.07, 6.45) is 8.94. The summed E-state index contributed by atoms with van der Waals surface area (Å²) < 4.78 is 6.12. The molecule has 0 fully saturated rings. The molecule has 158 valence electrons. The molecule has 0 aliphatic heterocycles. The third-order valence-electron chi connectivity index (χ3n) is 6.37. The lowest BCUT2D eigenvalue weighted by atomic mass is 9.81. The Morgan fingerprint density at radius 1 is 0.758 bits per heavy atom. The molecule has 5 aromatic rings. The first-order valence-electron chi connectivity index (χ1n) is 11.0. The predicted octanol–water partition coefficient (Wildman–Crippen LogP) is 9.26. The SMILES string of the molecule is C=C/C=C\C=C1/Cc2ccc(-c3cccc4oc5cc(Cl)ccc5c34)cc2-c2ccccc21. The van der Waals surface area contributed by atoms with Gasteiger partial charge in [-0.3, -0.25) is 0 Å². The van der Waals surface area contributed by atoms with E-state index in [1.54, 1.807) is 6.08 Å². The highest BCUT2D eigenvalue weighted by Crippen LogP contribution is 2.43. The molecule has 0 saturated heterocycles. The van der Waals surface area contributed by atoms with Crippen molar-refractivity contribution in [2.45, 2.75) is 6.42 Å². The van der Waals surface area contributed by atoms with Crippen molar-refractivity contribution in [2.24, 2.45) is 0 Å². The highest BCUT2D eigenvalue weighted by molar-refractivity contribution is 6.31. The molecule has 0 amide bonds. The maximum Gasteiger partial charge on any atom is 0.136 e. The van der Waals surface area contributed by atoms with Crippen LogP contribution >= 0.6 is 11.6 Å². The zero-order chi connectivity index (χ0) is 22.4. The molecule has 1 aliphatic rings. The van der Waals surface area contributed by atoms with Crippen molar-refractivity contribution in [2.75, 3.05) is 0 Å². The van der Waals surface area contributed by atoms with Gasteiger partial charge in [-0.15, -0.1) is 0 Å². The number of fused-ring (bicyclic) bond motifs is 6. The van der Waals surface area contributed by atoms with Crippen LogP contribution in [0.2, 0.25) is 5.02 Å². The number of hydrogen-bond acceptors (Lipinski definition) is 1. The van der Waals surface area contributed by atoms with Gasteiger partial charge in [0.15, 0.2) is 0 Å². The van der Waals surface area contributed by atoms with Crippen molar-refractivity contribution < 1.29 is 4.42 Å². The highest BCUT2D eigenvalue weighted by atomic mass is 35.5. The van der Waals surface area contributed by atoms with E-state index in [0.717, 1.165) is 28.4 Å². The minimum absolute atomic E-state index is 0.681. The maximum atomic E-state index is 6.21.